The van der Waals surface area contributed by atoms with E-state index in [4.69, 9.17) is 0 Å². The maximum absolute atomic E-state index is 11.9. The molecular formula is C13H17Br2NO. The lowest BCUT2D eigenvalue weighted by molar-refractivity contribution is 0.0973. The average Bonchev–Trinajstić information content (AvgIpc) is 2.28. The number of carbonyl (C=O) groups is 1. The predicted molar refractivity (Wildman–Crippen MR) is 77.3 cm³/mol. The highest BCUT2D eigenvalue weighted by molar-refractivity contribution is 9.11. The molecule has 0 atom stereocenters. The molecule has 0 N–H and O–H groups in total. The summed E-state index contributed by atoms with van der Waals surface area (Å²) in [5.41, 5.74) is 0.545. The van der Waals surface area contributed by atoms with Gasteiger partial charge in [0, 0.05) is 21.6 Å². The van der Waals surface area contributed by atoms with Gasteiger partial charge < -0.3 is 0 Å². The number of pyridine rings is 1. The number of hydrogen-bond acceptors (Lipinski definition) is 2. The van der Waals surface area contributed by atoms with E-state index in [1.165, 1.54) is 19.3 Å². The maximum atomic E-state index is 11.9. The van der Waals surface area contributed by atoms with Gasteiger partial charge in [-0.15, -0.1) is 0 Å². The van der Waals surface area contributed by atoms with Crippen molar-refractivity contribution >= 4 is 37.6 Å². The van der Waals surface area contributed by atoms with Crippen molar-refractivity contribution in [1.29, 1.82) is 0 Å². The lowest BCUT2D eigenvalue weighted by Crippen LogP contribution is -2.03. The summed E-state index contributed by atoms with van der Waals surface area (Å²) in [6.45, 7) is 2.19. The lowest BCUT2D eigenvalue weighted by atomic mass is 10.1. The zero-order valence-corrected chi connectivity index (χ0v) is 13.2. The molecule has 1 rings (SSSR count). The Kier molecular flexibility index (Phi) is 6.97. The summed E-state index contributed by atoms with van der Waals surface area (Å²) < 4.78 is 1.65. The minimum atomic E-state index is 0.126. The molecule has 2 nitrogen and oxygen atoms in total. The van der Waals surface area contributed by atoms with Crippen LogP contribution in [0.5, 0.6) is 0 Å². The number of hydrogen-bond donors (Lipinski definition) is 0. The van der Waals surface area contributed by atoms with E-state index in [0.717, 1.165) is 21.8 Å². The van der Waals surface area contributed by atoms with Gasteiger partial charge in [0.25, 0.3) is 0 Å². The number of Topliss-reactive ketones (excluding diaryl/α,β-unsaturated/α-hetero) is 1. The summed E-state index contributed by atoms with van der Waals surface area (Å²) in [4.78, 5) is 16.1. The third kappa shape index (κ3) is 5.30. The van der Waals surface area contributed by atoms with Gasteiger partial charge in [0.1, 0.15) is 5.69 Å². The number of carbonyl (C=O) groups excluding carboxylic acids is 1. The van der Waals surface area contributed by atoms with E-state index in [1.54, 1.807) is 6.20 Å². The van der Waals surface area contributed by atoms with Crippen molar-refractivity contribution in [3.63, 3.8) is 0 Å². The Hall–Kier alpha value is -0.220. The molecule has 0 amide bonds. The van der Waals surface area contributed by atoms with E-state index >= 15 is 0 Å². The SMILES string of the molecule is CCCCCCCC(=O)c1ncc(Br)cc1Br. The molecule has 0 aliphatic rings. The van der Waals surface area contributed by atoms with Crippen molar-refractivity contribution in [3.05, 3.63) is 26.9 Å². The molecule has 0 fully saturated rings. The largest absolute Gasteiger partial charge is 0.292 e. The van der Waals surface area contributed by atoms with Crippen molar-refractivity contribution in [3.8, 4) is 0 Å². The van der Waals surface area contributed by atoms with Gasteiger partial charge in [-0.3, -0.25) is 9.78 Å². The normalized spacial score (nSPS) is 10.5. The molecule has 0 saturated carbocycles. The second kappa shape index (κ2) is 7.98. The highest BCUT2D eigenvalue weighted by Crippen LogP contribution is 2.21. The first-order valence-corrected chi connectivity index (χ1v) is 7.58. The Balaban J connectivity index is 2.42. The highest BCUT2D eigenvalue weighted by atomic mass is 79.9. The fraction of sp³-hybridized carbons (Fsp3) is 0.538. The number of rotatable bonds is 7. The third-order valence-corrected chi connectivity index (χ3v) is 3.62. The van der Waals surface area contributed by atoms with E-state index in [-0.39, 0.29) is 5.78 Å². The van der Waals surface area contributed by atoms with Crippen LogP contribution in [0.4, 0.5) is 0 Å². The van der Waals surface area contributed by atoms with Crippen LogP contribution in [0, 0.1) is 0 Å². The van der Waals surface area contributed by atoms with Crippen LogP contribution in [-0.2, 0) is 0 Å². The van der Waals surface area contributed by atoms with Gasteiger partial charge in [-0.05, 0) is 44.3 Å². The minimum absolute atomic E-state index is 0.126. The summed E-state index contributed by atoms with van der Waals surface area (Å²) in [7, 11) is 0. The smallest absolute Gasteiger partial charge is 0.182 e. The average molecular weight is 363 g/mol. The van der Waals surface area contributed by atoms with Crippen LogP contribution in [0.1, 0.15) is 55.9 Å². The summed E-state index contributed by atoms with van der Waals surface area (Å²) >= 11 is 6.69. The zero-order chi connectivity index (χ0) is 12.7. The minimum Gasteiger partial charge on any atom is -0.292 e. The second-order valence-corrected chi connectivity index (χ2v) is 5.84. The van der Waals surface area contributed by atoms with E-state index in [0.29, 0.717) is 12.1 Å². The summed E-state index contributed by atoms with van der Waals surface area (Å²) in [6, 6.07) is 1.86. The molecule has 0 aromatic carbocycles. The van der Waals surface area contributed by atoms with Crippen LogP contribution in [0.25, 0.3) is 0 Å². The van der Waals surface area contributed by atoms with Crippen LogP contribution >= 0.6 is 31.9 Å². The number of ketones is 1. The Morgan fingerprint density at radius 1 is 1.24 bits per heavy atom. The fourth-order valence-electron chi connectivity index (χ4n) is 1.63. The van der Waals surface area contributed by atoms with Gasteiger partial charge in [0.15, 0.2) is 5.78 Å². The first-order chi connectivity index (χ1) is 8.15. The molecule has 4 heteroatoms. The Bertz CT molecular complexity index is 380. The molecular weight excluding hydrogens is 346 g/mol. The van der Waals surface area contributed by atoms with E-state index in [2.05, 4.69) is 43.8 Å². The first kappa shape index (κ1) is 14.8. The van der Waals surface area contributed by atoms with Gasteiger partial charge in [0.05, 0.1) is 0 Å². The van der Waals surface area contributed by atoms with Gasteiger partial charge in [0.2, 0.25) is 0 Å². The highest BCUT2D eigenvalue weighted by Gasteiger charge is 2.11. The molecule has 0 saturated heterocycles. The van der Waals surface area contributed by atoms with Gasteiger partial charge in [-0.2, -0.15) is 0 Å². The predicted octanol–water partition coefficient (Wildman–Crippen LogP) is 5.15. The van der Waals surface area contributed by atoms with E-state index in [1.807, 2.05) is 6.07 Å². The molecule has 0 bridgehead atoms. The first-order valence-electron chi connectivity index (χ1n) is 5.99. The lowest BCUT2D eigenvalue weighted by Gasteiger charge is -2.03. The standard InChI is InChI=1S/C13H17Br2NO/c1-2-3-4-5-6-7-12(17)13-11(15)8-10(14)9-16-13/h8-9H,2-7H2,1H3. The second-order valence-electron chi connectivity index (χ2n) is 4.07. The zero-order valence-electron chi connectivity index (χ0n) is 10.0. The molecule has 94 valence electrons. The Morgan fingerprint density at radius 3 is 2.59 bits per heavy atom. The molecule has 0 aliphatic heterocycles. The van der Waals surface area contributed by atoms with Crippen LogP contribution in [-0.4, -0.2) is 10.8 Å². The summed E-state index contributed by atoms with van der Waals surface area (Å²) in [6.07, 6.45) is 8.06. The monoisotopic (exact) mass is 361 g/mol. The van der Waals surface area contributed by atoms with Crippen LogP contribution in [0.2, 0.25) is 0 Å². The van der Waals surface area contributed by atoms with E-state index < -0.39 is 0 Å². The Labute approximate surface area is 119 Å². The summed E-state index contributed by atoms with van der Waals surface area (Å²) in [5.74, 6) is 0.126. The molecule has 0 spiro atoms. The van der Waals surface area contributed by atoms with Crippen LogP contribution in [0.3, 0.4) is 0 Å². The molecule has 1 heterocycles. The van der Waals surface area contributed by atoms with Gasteiger partial charge in [-0.25, -0.2) is 0 Å². The molecule has 0 aliphatic carbocycles. The molecule has 1 aromatic rings. The maximum Gasteiger partial charge on any atom is 0.182 e. The number of unbranched alkanes of at least 4 members (excludes halogenated alkanes) is 4. The topological polar surface area (TPSA) is 30.0 Å². The fourth-order valence-corrected chi connectivity index (χ4v) is 2.84. The third-order valence-electron chi connectivity index (χ3n) is 2.58. The number of aromatic nitrogens is 1. The molecule has 0 radical (unpaired) electrons. The van der Waals surface area contributed by atoms with Crippen molar-refractivity contribution < 1.29 is 4.79 Å². The van der Waals surface area contributed by atoms with Crippen LogP contribution in [0.15, 0.2) is 21.2 Å². The van der Waals surface area contributed by atoms with Crippen molar-refractivity contribution in [2.45, 2.75) is 45.4 Å². The Morgan fingerprint density at radius 2 is 1.94 bits per heavy atom. The number of halogens is 2. The van der Waals surface area contributed by atoms with Crippen molar-refractivity contribution in [2.24, 2.45) is 0 Å². The number of nitrogens with zero attached hydrogens (tertiary/aromatic N) is 1. The van der Waals surface area contributed by atoms with Crippen molar-refractivity contribution in [1.82, 2.24) is 4.98 Å². The van der Waals surface area contributed by atoms with E-state index in [9.17, 15) is 4.79 Å². The summed E-state index contributed by atoms with van der Waals surface area (Å²) in [5, 5.41) is 0. The van der Waals surface area contributed by atoms with Crippen LogP contribution < -0.4 is 0 Å². The van der Waals surface area contributed by atoms with Gasteiger partial charge >= 0.3 is 0 Å². The molecule has 1 aromatic heterocycles. The molecule has 17 heavy (non-hydrogen) atoms. The van der Waals surface area contributed by atoms with Crippen molar-refractivity contribution in [2.75, 3.05) is 0 Å². The molecule has 0 unspecified atom stereocenters. The van der Waals surface area contributed by atoms with Gasteiger partial charge in [-0.1, -0.05) is 32.6 Å². The quantitative estimate of drug-likeness (QED) is 0.495.